The van der Waals surface area contributed by atoms with Crippen molar-refractivity contribution in [2.24, 2.45) is 0 Å². The smallest absolute Gasteiger partial charge is 0.133 e. The van der Waals surface area contributed by atoms with E-state index in [9.17, 15) is 5.11 Å². The molecule has 1 unspecified atom stereocenters. The molecule has 0 aromatic carbocycles. The maximum atomic E-state index is 9.51. The van der Waals surface area contributed by atoms with Crippen molar-refractivity contribution in [3.05, 3.63) is 17.1 Å². The monoisotopic (exact) mass is 391 g/mol. The number of halogens is 2. The Morgan fingerprint density at radius 3 is 2.80 bits per heavy atom. The fourth-order valence-corrected chi connectivity index (χ4v) is 3.69. The van der Waals surface area contributed by atoms with Gasteiger partial charge in [-0.1, -0.05) is 6.42 Å². The van der Waals surface area contributed by atoms with Gasteiger partial charge >= 0.3 is 0 Å². The SMILES string of the molecule is Cc1nc2c(c(NCCN3CCCCC3CO)n1)CCNCC2.Cl.Cl. The van der Waals surface area contributed by atoms with Crippen LogP contribution in [0.15, 0.2) is 0 Å². The van der Waals surface area contributed by atoms with E-state index in [2.05, 4.69) is 25.5 Å². The maximum absolute atomic E-state index is 9.51. The van der Waals surface area contributed by atoms with Crippen LogP contribution >= 0.6 is 24.8 Å². The van der Waals surface area contributed by atoms with Crippen LogP contribution in [0.5, 0.6) is 0 Å². The van der Waals surface area contributed by atoms with E-state index in [0.29, 0.717) is 6.04 Å². The average molecular weight is 392 g/mol. The highest BCUT2D eigenvalue weighted by Gasteiger charge is 2.21. The van der Waals surface area contributed by atoms with Crippen LogP contribution in [0, 0.1) is 6.92 Å². The van der Waals surface area contributed by atoms with Gasteiger partial charge in [0.05, 0.1) is 12.3 Å². The molecule has 0 spiro atoms. The van der Waals surface area contributed by atoms with Crippen LogP contribution in [-0.2, 0) is 12.8 Å². The number of hydrogen-bond donors (Lipinski definition) is 3. The van der Waals surface area contributed by atoms with E-state index in [1.165, 1.54) is 24.1 Å². The first-order chi connectivity index (χ1) is 11.3. The average Bonchev–Trinajstić information content (AvgIpc) is 2.80. The summed E-state index contributed by atoms with van der Waals surface area (Å²) >= 11 is 0. The third-order valence-electron chi connectivity index (χ3n) is 4.95. The predicted molar refractivity (Wildman–Crippen MR) is 106 cm³/mol. The molecule has 2 aliphatic rings. The second-order valence-corrected chi connectivity index (χ2v) is 6.59. The Hall–Kier alpha value is -0.660. The van der Waals surface area contributed by atoms with Crippen LogP contribution < -0.4 is 10.6 Å². The predicted octanol–water partition coefficient (Wildman–Crippen LogP) is 1.58. The number of aliphatic hydroxyl groups is 1. The van der Waals surface area contributed by atoms with Crippen molar-refractivity contribution in [1.82, 2.24) is 20.2 Å². The number of aryl methyl sites for hydroxylation is 1. The van der Waals surface area contributed by atoms with Gasteiger partial charge < -0.3 is 15.7 Å². The summed E-state index contributed by atoms with van der Waals surface area (Å²) in [7, 11) is 0. The van der Waals surface area contributed by atoms with Crippen molar-refractivity contribution in [2.45, 2.75) is 45.1 Å². The van der Waals surface area contributed by atoms with E-state index in [-0.39, 0.29) is 31.4 Å². The summed E-state index contributed by atoms with van der Waals surface area (Å²) in [6.07, 6.45) is 5.56. The first-order valence-corrected chi connectivity index (χ1v) is 8.94. The highest BCUT2D eigenvalue weighted by molar-refractivity contribution is 5.85. The Morgan fingerprint density at radius 1 is 1.20 bits per heavy atom. The molecule has 1 aromatic rings. The zero-order chi connectivity index (χ0) is 16.1. The van der Waals surface area contributed by atoms with Gasteiger partial charge in [0.25, 0.3) is 0 Å². The lowest BCUT2D eigenvalue weighted by molar-refractivity contribution is 0.0940. The number of aromatic nitrogens is 2. The van der Waals surface area contributed by atoms with Crippen molar-refractivity contribution < 1.29 is 5.11 Å². The van der Waals surface area contributed by atoms with Crippen molar-refractivity contribution in [1.29, 1.82) is 0 Å². The second kappa shape index (κ2) is 11.1. The maximum Gasteiger partial charge on any atom is 0.133 e. The van der Waals surface area contributed by atoms with Gasteiger partial charge in [0.2, 0.25) is 0 Å². The number of nitrogens with one attached hydrogen (secondary N) is 2. The molecule has 2 aliphatic heterocycles. The fourth-order valence-electron chi connectivity index (χ4n) is 3.69. The lowest BCUT2D eigenvalue weighted by atomic mass is 10.0. The summed E-state index contributed by atoms with van der Waals surface area (Å²) in [6, 6.07) is 0.332. The van der Waals surface area contributed by atoms with Gasteiger partial charge in [0, 0.05) is 37.7 Å². The molecule has 1 aromatic heterocycles. The molecule has 3 N–H and O–H groups in total. The molecule has 0 saturated carbocycles. The van der Waals surface area contributed by atoms with Crippen LogP contribution in [0.4, 0.5) is 5.82 Å². The van der Waals surface area contributed by atoms with Gasteiger partial charge in [-0.25, -0.2) is 9.97 Å². The van der Waals surface area contributed by atoms with Crippen LogP contribution in [0.25, 0.3) is 0 Å². The fraction of sp³-hybridized carbons (Fsp3) is 0.765. The van der Waals surface area contributed by atoms with Crippen LogP contribution in [0.3, 0.4) is 0 Å². The van der Waals surface area contributed by atoms with Gasteiger partial charge in [0.1, 0.15) is 11.6 Å². The molecule has 6 nitrogen and oxygen atoms in total. The van der Waals surface area contributed by atoms with Gasteiger partial charge in [-0.15, -0.1) is 24.8 Å². The van der Waals surface area contributed by atoms with Gasteiger partial charge in [-0.3, -0.25) is 4.90 Å². The Morgan fingerprint density at radius 2 is 2.00 bits per heavy atom. The van der Waals surface area contributed by atoms with Crippen LogP contribution in [0.1, 0.15) is 36.3 Å². The van der Waals surface area contributed by atoms with E-state index >= 15 is 0 Å². The first kappa shape index (κ1) is 22.4. The molecular weight excluding hydrogens is 361 g/mol. The third kappa shape index (κ3) is 5.93. The normalized spacial score (nSPS) is 20.6. The Kier molecular flexibility index (Phi) is 9.97. The molecule has 0 aliphatic carbocycles. The second-order valence-electron chi connectivity index (χ2n) is 6.59. The minimum atomic E-state index is 0. The number of anilines is 1. The van der Waals surface area contributed by atoms with E-state index in [4.69, 9.17) is 0 Å². The van der Waals surface area contributed by atoms with E-state index in [0.717, 1.165) is 63.6 Å². The van der Waals surface area contributed by atoms with Gasteiger partial charge in [-0.05, 0) is 39.3 Å². The summed E-state index contributed by atoms with van der Waals surface area (Å²) < 4.78 is 0. The molecule has 1 fully saturated rings. The molecule has 0 radical (unpaired) electrons. The number of fused-ring (bicyclic) bond motifs is 1. The van der Waals surface area contributed by atoms with Crippen molar-refractivity contribution in [2.75, 3.05) is 44.6 Å². The molecule has 3 rings (SSSR count). The summed E-state index contributed by atoms with van der Waals surface area (Å²) in [6.45, 7) is 7.15. The molecule has 8 heteroatoms. The molecule has 1 saturated heterocycles. The Labute approximate surface area is 163 Å². The van der Waals surface area contributed by atoms with Crippen LogP contribution in [0.2, 0.25) is 0 Å². The zero-order valence-electron chi connectivity index (χ0n) is 15.0. The van der Waals surface area contributed by atoms with Crippen LogP contribution in [-0.4, -0.2) is 65.3 Å². The van der Waals surface area contributed by atoms with Crippen molar-refractivity contribution in [3.63, 3.8) is 0 Å². The van der Waals surface area contributed by atoms with E-state index < -0.39 is 0 Å². The largest absolute Gasteiger partial charge is 0.395 e. The zero-order valence-corrected chi connectivity index (χ0v) is 16.6. The highest BCUT2D eigenvalue weighted by Crippen LogP contribution is 2.20. The highest BCUT2D eigenvalue weighted by atomic mass is 35.5. The Balaban J connectivity index is 0.00000156. The third-order valence-corrected chi connectivity index (χ3v) is 4.95. The number of likely N-dealkylation sites (tertiary alicyclic amines) is 1. The molecule has 0 amide bonds. The first-order valence-electron chi connectivity index (χ1n) is 8.94. The van der Waals surface area contributed by atoms with E-state index in [1.807, 2.05) is 6.92 Å². The van der Waals surface area contributed by atoms with Gasteiger partial charge in [0.15, 0.2) is 0 Å². The lowest BCUT2D eigenvalue weighted by Gasteiger charge is -2.34. The lowest BCUT2D eigenvalue weighted by Crippen LogP contribution is -2.44. The molecular formula is C17H31Cl2N5O. The Bertz CT molecular complexity index is 532. The van der Waals surface area contributed by atoms with E-state index in [1.54, 1.807) is 0 Å². The number of piperidine rings is 1. The number of rotatable bonds is 5. The summed E-state index contributed by atoms with van der Waals surface area (Å²) in [5.74, 6) is 1.85. The summed E-state index contributed by atoms with van der Waals surface area (Å²) in [4.78, 5) is 11.7. The number of hydrogen-bond acceptors (Lipinski definition) is 6. The molecule has 3 heterocycles. The topological polar surface area (TPSA) is 73.3 Å². The minimum absolute atomic E-state index is 0. The van der Waals surface area contributed by atoms with Crippen molar-refractivity contribution >= 4 is 30.6 Å². The summed E-state index contributed by atoms with van der Waals surface area (Å²) in [5, 5.41) is 16.5. The van der Waals surface area contributed by atoms with Crippen molar-refractivity contribution in [3.8, 4) is 0 Å². The molecule has 144 valence electrons. The minimum Gasteiger partial charge on any atom is -0.395 e. The quantitative estimate of drug-likeness (QED) is 0.707. The molecule has 1 atom stereocenters. The molecule has 25 heavy (non-hydrogen) atoms. The summed E-state index contributed by atoms with van der Waals surface area (Å²) in [5.41, 5.74) is 2.47. The molecule has 0 bridgehead atoms. The van der Waals surface area contributed by atoms with Gasteiger partial charge in [-0.2, -0.15) is 0 Å². The number of nitrogens with zero attached hydrogens (tertiary/aromatic N) is 3. The number of aliphatic hydroxyl groups excluding tert-OH is 1. The standard InChI is InChI=1S/C17H29N5O.2ClH/c1-13-20-16-6-8-18-7-5-15(16)17(21-13)19-9-11-22-10-3-2-4-14(22)12-23;;/h14,18,23H,2-12H2,1H3,(H,19,20,21);2*1H.